The molecule has 170 valence electrons. The van der Waals surface area contributed by atoms with Gasteiger partial charge in [-0.05, 0) is 0 Å². The van der Waals surface area contributed by atoms with E-state index in [2.05, 4.69) is 77.9 Å². The zero-order chi connectivity index (χ0) is 24.0. The molecule has 0 saturated carbocycles. The molecule has 4 aromatic carbocycles. The molecule has 0 fully saturated rings. The Morgan fingerprint density at radius 1 is 0.686 bits per heavy atom. The normalized spacial score (nSPS) is 11.9. The van der Waals surface area contributed by atoms with Crippen LogP contribution in [0.1, 0.15) is 0 Å². The number of hydrogen-bond acceptors (Lipinski definition) is 3. The molecule has 0 aliphatic rings. The first-order chi connectivity index (χ1) is 17.0. The van der Waals surface area contributed by atoms with E-state index in [1.807, 2.05) is 42.6 Å². The van der Waals surface area contributed by atoms with Crippen LogP contribution in [0.25, 0.3) is 55.7 Å². The van der Waals surface area contributed by atoms with Crippen LogP contribution in [0.3, 0.4) is 0 Å². The van der Waals surface area contributed by atoms with E-state index in [9.17, 15) is 0 Å². The monoisotopic (exact) mass is 516 g/mol. The van der Waals surface area contributed by atoms with E-state index in [4.69, 9.17) is 14.4 Å². The van der Waals surface area contributed by atoms with Gasteiger partial charge in [-0.1, -0.05) is 18.2 Å². The Bertz CT molecular complexity index is 1670. The third-order valence-electron chi connectivity index (χ3n) is 6.50. The number of rotatable bonds is 4. The second kappa shape index (κ2) is 8.51. The average molecular weight is 515 g/mol. The van der Waals surface area contributed by atoms with E-state index in [-0.39, 0.29) is 0 Å². The summed E-state index contributed by atoms with van der Waals surface area (Å²) in [6.45, 7) is 0. The summed E-state index contributed by atoms with van der Waals surface area (Å²) in [5.41, 5.74) is 6.74. The van der Waals surface area contributed by atoms with Crippen LogP contribution >= 0.6 is 0 Å². The van der Waals surface area contributed by atoms with Crippen molar-refractivity contribution in [3.63, 3.8) is 0 Å². The van der Waals surface area contributed by atoms with E-state index in [1.165, 1.54) is 9.78 Å². The summed E-state index contributed by atoms with van der Waals surface area (Å²) in [6, 6.07) is 33.7. The molecule has 6 rings (SSSR count). The van der Waals surface area contributed by atoms with E-state index < -0.39 is 13.3 Å². The van der Waals surface area contributed by atoms with Crippen molar-refractivity contribution in [2.45, 2.75) is 17.3 Å². The Morgan fingerprint density at radius 3 is 2.11 bits per heavy atom. The fourth-order valence-corrected chi connectivity index (χ4v) is 7.04. The van der Waals surface area contributed by atoms with Crippen LogP contribution in [-0.2, 0) is 0 Å². The predicted molar refractivity (Wildman–Crippen MR) is 149 cm³/mol. The van der Waals surface area contributed by atoms with Crippen LogP contribution in [0.2, 0.25) is 17.3 Å². The van der Waals surface area contributed by atoms with E-state index in [0.29, 0.717) is 5.89 Å². The van der Waals surface area contributed by atoms with Crippen molar-refractivity contribution in [3.8, 4) is 33.8 Å². The van der Waals surface area contributed by atoms with Crippen molar-refractivity contribution in [1.29, 1.82) is 0 Å². The molecule has 35 heavy (non-hydrogen) atoms. The Labute approximate surface area is 207 Å². The van der Waals surface area contributed by atoms with Gasteiger partial charge in [0.2, 0.25) is 0 Å². The van der Waals surface area contributed by atoms with Crippen LogP contribution in [0.15, 0.2) is 108 Å². The molecule has 0 unspecified atom stereocenters. The molecule has 0 aliphatic carbocycles. The van der Waals surface area contributed by atoms with Gasteiger partial charge in [-0.3, -0.25) is 0 Å². The van der Waals surface area contributed by atoms with Crippen molar-refractivity contribution in [3.05, 3.63) is 103 Å². The zero-order valence-electron chi connectivity index (χ0n) is 20.1. The van der Waals surface area contributed by atoms with Gasteiger partial charge >= 0.3 is 190 Å². The standard InChI is InChI=1S/C31H26GeN2O/c1-32(2,3)25-14-15-26-23(18-25)16-17-33-29(26)24-19-27(21-10-6-4-7-11-21)30-28(20-24)35-31(34-30)22-12-8-5-9-13-22/h4-20H,1-3H3. The summed E-state index contributed by atoms with van der Waals surface area (Å²) in [6.07, 6.45) is 1.92. The van der Waals surface area contributed by atoms with Crippen LogP contribution < -0.4 is 4.40 Å². The molecule has 3 nitrogen and oxygen atoms in total. The van der Waals surface area contributed by atoms with Crippen molar-refractivity contribution < 1.29 is 4.42 Å². The molecule has 2 aromatic heterocycles. The Kier molecular flexibility index (Phi) is 5.30. The summed E-state index contributed by atoms with van der Waals surface area (Å²) in [7, 11) is 0. The molecule has 0 aliphatic heterocycles. The van der Waals surface area contributed by atoms with Gasteiger partial charge in [0.1, 0.15) is 0 Å². The molecule has 0 amide bonds. The van der Waals surface area contributed by atoms with Crippen LogP contribution in [-0.4, -0.2) is 23.2 Å². The third-order valence-corrected chi connectivity index (χ3v) is 10.8. The number of oxazole rings is 1. The molecule has 0 N–H and O–H groups in total. The minimum absolute atomic E-state index is 0.627. The minimum atomic E-state index is -1.93. The zero-order valence-corrected chi connectivity index (χ0v) is 22.2. The summed E-state index contributed by atoms with van der Waals surface area (Å²) in [5, 5.41) is 2.39. The summed E-state index contributed by atoms with van der Waals surface area (Å²) in [4.78, 5) is 9.74. The molecule has 6 aromatic rings. The van der Waals surface area contributed by atoms with Gasteiger partial charge < -0.3 is 0 Å². The SMILES string of the molecule is [CH3][Ge]([CH3])([CH3])[c]1ccc2c(-c3cc(-c4ccccc4)c4nc(-c5ccccc5)oc4c3)nccc2c1. The summed E-state index contributed by atoms with van der Waals surface area (Å²) >= 11 is -1.93. The van der Waals surface area contributed by atoms with Gasteiger partial charge in [0.05, 0.1) is 0 Å². The van der Waals surface area contributed by atoms with Gasteiger partial charge in [-0.25, -0.2) is 0 Å². The van der Waals surface area contributed by atoms with E-state index in [0.717, 1.165) is 44.4 Å². The third kappa shape index (κ3) is 4.06. The van der Waals surface area contributed by atoms with Crippen LogP contribution in [0.4, 0.5) is 0 Å². The maximum absolute atomic E-state index is 6.32. The van der Waals surface area contributed by atoms with Crippen LogP contribution in [0.5, 0.6) is 0 Å². The topological polar surface area (TPSA) is 38.9 Å². The van der Waals surface area contributed by atoms with Crippen molar-refractivity contribution in [1.82, 2.24) is 9.97 Å². The van der Waals surface area contributed by atoms with Gasteiger partial charge in [0.25, 0.3) is 0 Å². The molecular formula is C31H26GeN2O. The molecule has 2 heterocycles. The number of fused-ring (bicyclic) bond motifs is 2. The first-order valence-corrected chi connectivity index (χ1v) is 19.3. The number of hydrogen-bond donors (Lipinski definition) is 0. The van der Waals surface area contributed by atoms with Gasteiger partial charge in [0, 0.05) is 0 Å². The Hall–Kier alpha value is -3.70. The molecule has 0 saturated heterocycles. The van der Waals surface area contributed by atoms with E-state index in [1.54, 1.807) is 0 Å². The molecule has 0 bridgehead atoms. The fraction of sp³-hybridized carbons (Fsp3) is 0.0968. The molecule has 0 radical (unpaired) electrons. The number of aromatic nitrogens is 2. The van der Waals surface area contributed by atoms with Crippen LogP contribution in [0, 0.1) is 0 Å². The molecular weight excluding hydrogens is 489 g/mol. The maximum atomic E-state index is 6.32. The quantitative estimate of drug-likeness (QED) is 0.224. The van der Waals surface area contributed by atoms with Crippen molar-refractivity contribution >= 4 is 39.5 Å². The molecule has 0 spiro atoms. The average Bonchev–Trinajstić information content (AvgIpc) is 3.32. The summed E-state index contributed by atoms with van der Waals surface area (Å²) < 4.78 is 7.82. The van der Waals surface area contributed by atoms with Gasteiger partial charge in [0.15, 0.2) is 0 Å². The van der Waals surface area contributed by atoms with Crippen molar-refractivity contribution in [2.24, 2.45) is 0 Å². The number of nitrogens with zero attached hydrogens (tertiary/aromatic N) is 2. The molecule has 4 heteroatoms. The number of pyridine rings is 1. The first kappa shape index (κ1) is 21.8. The fourth-order valence-electron chi connectivity index (χ4n) is 4.58. The molecule has 0 atom stereocenters. The Balaban J connectivity index is 1.60. The van der Waals surface area contributed by atoms with Crippen molar-refractivity contribution in [2.75, 3.05) is 0 Å². The second-order valence-corrected chi connectivity index (χ2v) is 20.6. The summed E-state index contributed by atoms with van der Waals surface area (Å²) in [5.74, 6) is 7.91. The van der Waals surface area contributed by atoms with Gasteiger partial charge in [-0.15, -0.1) is 0 Å². The Morgan fingerprint density at radius 2 is 1.40 bits per heavy atom. The van der Waals surface area contributed by atoms with Gasteiger partial charge in [-0.2, -0.15) is 0 Å². The number of benzene rings is 4. The first-order valence-electron chi connectivity index (χ1n) is 11.9. The van der Waals surface area contributed by atoms with E-state index >= 15 is 0 Å². The second-order valence-electron chi connectivity index (χ2n) is 9.97. The predicted octanol–water partition coefficient (Wildman–Crippen LogP) is 7.92.